The quantitative estimate of drug-likeness (QED) is 0.178. The van der Waals surface area contributed by atoms with Crippen molar-refractivity contribution in [2.75, 3.05) is 19.0 Å². The van der Waals surface area contributed by atoms with E-state index in [1.165, 1.54) is 6.92 Å². The highest BCUT2D eigenvalue weighted by atomic mass is 32.1. The molecule has 0 saturated carbocycles. The molecule has 24 heavy (non-hydrogen) atoms. The lowest BCUT2D eigenvalue weighted by Gasteiger charge is -2.21. The van der Waals surface area contributed by atoms with E-state index in [2.05, 4.69) is 28.6 Å². The van der Waals surface area contributed by atoms with E-state index in [1.54, 1.807) is 0 Å². The van der Waals surface area contributed by atoms with E-state index in [-0.39, 0.29) is 5.75 Å². The van der Waals surface area contributed by atoms with Crippen LogP contribution in [-0.2, 0) is 19.2 Å². The molecule has 0 heterocycles. The molecular formula is C12H22N4O7S. The van der Waals surface area contributed by atoms with Gasteiger partial charge < -0.3 is 37.0 Å². The van der Waals surface area contributed by atoms with Crippen LogP contribution in [-0.4, -0.2) is 82.1 Å². The number of aliphatic hydroxyl groups excluding tert-OH is 2. The van der Waals surface area contributed by atoms with E-state index in [9.17, 15) is 24.3 Å². The first-order valence-corrected chi connectivity index (χ1v) is 7.53. The van der Waals surface area contributed by atoms with Crippen molar-refractivity contribution in [3.63, 3.8) is 0 Å². The van der Waals surface area contributed by atoms with Crippen molar-refractivity contribution in [3.05, 3.63) is 0 Å². The molecule has 0 aliphatic rings. The SMILES string of the molecule is CC(NC(=O)C(N)CO)C(=O)NC(CO)C(=O)NC(CS)C(=O)O. The van der Waals surface area contributed by atoms with Gasteiger partial charge in [-0.15, -0.1) is 0 Å². The summed E-state index contributed by atoms with van der Waals surface area (Å²) in [5.41, 5.74) is 5.28. The van der Waals surface area contributed by atoms with Crippen molar-refractivity contribution in [2.24, 2.45) is 5.73 Å². The summed E-state index contributed by atoms with van der Waals surface area (Å²) in [5.74, 6) is -4.00. The van der Waals surface area contributed by atoms with Crippen LogP contribution in [0.3, 0.4) is 0 Å². The standard InChI is InChI=1S/C12H22N4O7S/c1-5(14-10(20)6(13)2-17)9(19)15-7(3-18)11(21)16-8(4-24)12(22)23/h5-8,17-18,24H,2-4,13H2,1H3,(H,14,20)(H,15,19)(H,16,21)(H,22,23). The monoisotopic (exact) mass is 366 g/mol. The van der Waals surface area contributed by atoms with E-state index >= 15 is 0 Å². The molecule has 0 radical (unpaired) electrons. The lowest BCUT2D eigenvalue weighted by molar-refractivity contribution is -0.141. The molecule has 138 valence electrons. The van der Waals surface area contributed by atoms with Gasteiger partial charge in [0.25, 0.3) is 0 Å². The Morgan fingerprint density at radius 2 is 1.50 bits per heavy atom. The number of nitrogens with two attached hydrogens (primary N) is 1. The Bertz CT molecular complexity index is 476. The van der Waals surface area contributed by atoms with Crippen LogP contribution in [0.2, 0.25) is 0 Å². The van der Waals surface area contributed by atoms with Gasteiger partial charge in [0.15, 0.2) is 0 Å². The van der Waals surface area contributed by atoms with Crippen LogP contribution in [0.5, 0.6) is 0 Å². The summed E-state index contributed by atoms with van der Waals surface area (Å²) in [6, 6.07) is -5.00. The van der Waals surface area contributed by atoms with Crippen molar-refractivity contribution in [1.82, 2.24) is 16.0 Å². The molecule has 0 aromatic rings. The fourth-order valence-electron chi connectivity index (χ4n) is 1.42. The van der Waals surface area contributed by atoms with Gasteiger partial charge in [-0.25, -0.2) is 4.79 Å². The van der Waals surface area contributed by atoms with Crippen LogP contribution < -0.4 is 21.7 Å². The van der Waals surface area contributed by atoms with Gasteiger partial charge >= 0.3 is 5.97 Å². The maximum absolute atomic E-state index is 11.9. The maximum Gasteiger partial charge on any atom is 0.327 e. The molecule has 12 heteroatoms. The number of aliphatic hydroxyl groups is 2. The Hall–Kier alpha value is -1.89. The minimum atomic E-state index is -1.41. The second-order valence-electron chi connectivity index (χ2n) is 4.85. The molecule has 0 rings (SSSR count). The van der Waals surface area contributed by atoms with Crippen molar-refractivity contribution in [2.45, 2.75) is 31.1 Å². The summed E-state index contributed by atoms with van der Waals surface area (Å²) in [6.07, 6.45) is 0. The number of carboxylic acid groups (broad SMARTS) is 1. The average molecular weight is 366 g/mol. The molecule has 0 spiro atoms. The molecule has 0 aromatic carbocycles. The first-order valence-electron chi connectivity index (χ1n) is 6.89. The van der Waals surface area contributed by atoms with E-state index in [1.807, 2.05) is 0 Å². The number of carboxylic acids is 1. The van der Waals surface area contributed by atoms with Crippen molar-refractivity contribution in [1.29, 1.82) is 0 Å². The number of carbonyl (C=O) groups excluding carboxylic acids is 3. The number of thiol groups is 1. The van der Waals surface area contributed by atoms with Gasteiger partial charge in [0.1, 0.15) is 24.2 Å². The molecule has 11 nitrogen and oxygen atoms in total. The Morgan fingerprint density at radius 3 is 1.92 bits per heavy atom. The first-order chi connectivity index (χ1) is 11.2. The largest absolute Gasteiger partial charge is 0.480 e. The summed E-state index contributed by atoms with van der Waals surface area (Å²) < 4.78 is 0. The summed E-state index contributed by atoms with van der Waals surface area (Å²) in [7, 11) is 0. The Morgan fingerprint density at radius 1 is 0.958 bits per heavy atom. The number of rotatable bonds is 10. The van der Waals surface area contributed by atoms with Crippen LogP contribution in [0.25, 0.3) is 0 Å². The van der Waals surface area contributed by atoms with Crippen molar-refractivity contribution in [3.8, 4) is 0 Å². The molecule has 8 N–H and O–H groups in total. The van der Waals surface area contributed by atoms with E-state index in [0.717, 1.165) is 0 Å². The van der Waals surface area contributed by atoms with Gasteiger partial charge in [-0.1, -0.05) is 0 Å². The average Bonchev–Trinajstić information content (AvgIpc) is 2.55. The van der Waals surface area contributed by atoms with Crippen LogP contribution in [0.4, 0.5) is 0 Å². The van der Waals surface area contributed by atoms with Crippen LogP contribution in [0.1, 0.15) is 6.92 Å². The first kappa shape index (κ1) is 22.1. The van der Waals surface area contributed by atoms with Crippen LogP contribution in [0, 0.1) is 0 Å². The maximum atomic E-state index is 11.9. The number of hydrogen-bond acceptors (Lipinski definition) is 8. The van der Waals surface area contributed by atoms with Gasteiger partial charge in [-0.3, -0.25) is 14.4 Å². The topological polar surface area (TPSA) is 191 Å². The highest BCUT2D eigenvalue weighted by Crippen LogP contribution is 1.93. The Labute approximate surface area is 143 Å². The molecule has 0 saturated heterocycles. The summed E-state index contributed by atoms with van der Waals surface area (Å²) in [4.78, 5) is 46.0. The number of amides is 3. The minimum Gasteiger partial charge on any atom is -0.480 e. The Balaban J connectivity index is 4.69. The predicted octanol–water partition coefficient (Wildman–Crippen LogP) is -4.21. The highest BCUT2D eigenvalue weighted by Gasteiger charge is 2.27. The van der Waals surface area contributed by atoms with Gasteiger partial charge in [-0.05, 0) is 6.92 Å². The zero-order valence-electron chi connectivity index (χ0n) is 12.9. The fraction of sp³-hybridized carbons (Fsp3) is 0.667. The predicted molar refractivity (Wildman–Crippen MR) is 85.1 cm³/mol. The molecule has 0 aliphatic heterocycles. The summed E-state index contributed by atoms with van der Waals surface area (Å²) in [6.45, 7) is -0.0904. The number of nitrogens with one attached hydrogen (secondary N) is 3. The number of hydrogen-bond donors (Lipinski definition) is 8. The van der Waals surface area contributed by atoms with Gasteiger partial charge in [-0.2, -0.15) is 12.6 Å². The van der Waals surface area contributed by atoms with E-state index in [0.29, 0.717) is 0 Å². The third-order valence-corrected chi connectivity index (χ3v) is 3.26. The number of aliphatic carboxylic acids is 1. The van der Waals surface area contributed by atoms with Crippen molar-refractivity contribution >= 4 is 36.3 Å². The van der Waals surface area contributed by atoms with Crippen LogP contribution >= 0.6 is 12.6 Å². The van der Waals surface area contributed by atoms with Crippen LogP contribution in [0.15, 0.2) is 0 Å². The molecular weight excluding hydrogens is 344 g/mol. The molecule has 4 unspecified atom stereocenters. The molecule has 0 aliphatic carbocycles. The van der Waals surface area contributed by atoms with E-state index < -0.39 is 61.1 Å². The zero-order chi connectivity index (χ0) is 18.9. The van der Waals surface area contributed by atoms with Gasteiger partial charge in [0.05, 0.1) is 13.2 Å². The lowest BCUT2D eigenvalue weighted by Crippen LogP contribution is -2.57. The lowest BCUT2D eigenvalue weighted by atomic mass is 10.2. The summed E-state index contributed by atoms with van der Waals surface area (Å²) >= 11 is 3.77. The van der Waals surface area contributed by atoms with Crippen molar-refractivity contribution < 1.29 is 34.5 Å². The normalized spacial score (nSPS) is 15.5. The van der Waals surface area contributed by atoms with Gasteiger partial charge in [0, 0.05) is 5.75 Å². The summed E-state index contributed by atoms with van der Waals surface area (Å²) in [5, 5.41) is 33.2. The molecule has 3 amide bonds. The molecule has 4 atom stereocenters. The highest BCUT2D eigenvalue weighted by molar-refractivity contribution is 7.80. The van der Waals surface area contributed by atoms with Gasteiger partial charge in [0.2, 0.25) is 17.7 Å². The minimum absolute atomic E-state index is 0.182. The fourth-order valence-corrected chi connectivity index (χ4v) is 1.66. The number of carbonyl (C=O) groups is 4. The second kappa shape index (κ2) is 10.8. The van der Waals surface area contributed by atoms with E-state index in [4.69, 9.17) is 15.9 Å². The third kappa shape index (κ3) is 7.12. The second-order valence-corrected chi connectivity index (χ2v) is 5.21. The third-order valence-electron chi connectivity index (χ3n) is 2.90. The zero-order valence-corrected chi connectivity index (χ0v) is 13.8. The smallest absolute Gasteiger partial charge is 0.327 e. The Kier molecular flexibility index (Phi) is 9.95. The molecule has 0 bridgehead atoms. The molecule has 0 fully saturated rings. The molecule has 0 aromatic heterocycles.